The van der Waals surface area contributed by atoms with E-state index in [9.17, 15) is 8.78 Å². The molecule has 0 bridgehead atoms. The van der Waals surface area contributed by atoms with Gasteiger partial charge in [-0.25, -0.2) is 17.6 Å². The Morgan fingerprint density at radius 2 is 1.02 bits per heavy atom. The van der Waals surface area contributed by atoms with Gasteiger partial charge in [0.05, 0.1) is 11.1 Å². The highest BCUT2D eigenvalue weighted by molar-refractivity contribution is 5.68. The summed E-state index contributed by atoms with van der Waals surface area (Å²) in [5.41, 5.74) is 3.40. The van der Waals surface area contributed by atoms with Gasteiger partial charge in [-0.05, 0) is 53.9 Å². The summed E-state index contributed by atoms with van der Waals surface area (Å²) in [4.78, 5) is 0. The van der Waals surface area contributed by atoms with E-state index in [1.807, 2.05) is 87.9 Å². The Labute approximate surface area is 251 Å². The molecule has 4 aromatic heterocycles. The molecule has 0 unspecified atom stereocenters. The number of nitrogens with zero attached hydrogens (tertiary/aromatic N) is 4. The number of benzene rings is 2. The van der Waals surface area contributed by atoms with Crippen LogP contribution in [0.3, 0.4) is 0 Å². The molecule has 0 fully saturated rings. The van der Waals surface area contributed by atoms with Crippen molar-refractivity contribution in [2.24, 2.45) is 7.05 Å². The number of aromatic nitrogens is 4. The molecule has 214 valence electrons. The zero-order chi connectivity index (χ0) is 30.4. The van der Waals surface area contributed by atoms with Crippen molar-refractivity contribution in [3.63, 3.8) is 0 Å². The molecule has 0 aliphatic carbocycles. The molecule has 0 amide bonds. The van der Waals surface area contributed by atoms with Crippen molar-refractivity contribution in [1.82, 2.24) is 0 Å². The van der Waals surface area contributed by atoms with Crippen molar-refractivity contribution < 1.29 is 35.8 Å². The van der Waals surface area contributed by atoms with Crippen LogP contribution in [0.15, 0.2) is 122 Å². The quantitative estimate of drug-likeness (QED) is 0.184. The Hall–Kier alpha value is -5.50. The number of halogens is 4. The molecule has 1 aliphatic rings. The number of fused-ring (bicyclic) bond motifs is 6. The highest BCUT2D eigenvalue weighted by Crippen LogP contribution is 2.33. The largest absolute Gasteiger partial charge is 0.520 e. The van der Waals surface area contributed by atoms with E-state index in [1.165, 1.54) is 12.1 Å². The Morgan fingerprint density at radius 3 is 1.66 bits per heavy atom. The number of rotatable bonds is 2. The summed E-state index contributed by atoms with van der Waals surface area (Å²) >= 11 is 0. The van der Waals surface area contributed by atoms with Crippen LogP contribution in [0.5, 0.6) is 0 Å². The van der Waals surface area contributed by atoms with E-state index in [1.54, 1.807) is 41.2 Å². The summed E-state index contributed by atoms with van der Waals surface area (Å²) < 4.78 is 68.8. The molecule has 0 spiro atoms. The van der Waals surface area contributed by atoms with Crippen LogP contribution in [0, 0.1) is 29.1 Å². The smallest absolute Gasteiger partial charge is 0.207 e. The topological polar surface area (TPSA) is 15.5 Å². The van der Waals surface area contributed by atoms with Crippen LogP contribution in [0.2, 0.25) is 0 Å². The van der Waals surface area contributed by atoms with Gasteiger partial charge in [-0.1, -0.05) is 9.13 Å². The molecular weight excluding hydrogens is 564 g/mol. The Kier molecular flexibility index (Phi) is 6.81. The second kappa shape index (κ2) is 11.0. The predicted molar refractivity (Wildman–Crippen MR) is 155 cm³/mol. The fraction of sp³-hybridized carbons (Fsp3) is 0.0556. The summed E-state index contributed by atoms with van der Waals surface area (Å²) in [7, 11) is 1.95. The summed E-state index contributed by atoms with van der Waals surface area (Å²) in [6.07, 6.45) is 9.13. The lowest BCUT2D eigenvalue weighted by Gasteiger charge is -2.13. The molecular formula is C36H26F4N4+4. The maximum atomic E-state index is 15.9. The average molecular weight is 591 g/mol. The Bertz CT molecular complexity index is 2120. The number of hydrogen-bond donors (Lipinski definition) is 0. The second-order valence-electron chi connectivity index (χ2n) is 10.6. The average Bonchev–Trinajstić information content (AvgIpc) is 3.02. The minimum atomic E-state index is -0.783. The lowest BCUT2D eigenvalue weighted by molar-refractivity contribution is -0.832. The van der Waals surface area contributed by atoms with Gasteiger partial charge in [-0.2, -0.15) is 9.13 Å². The minimum absolute atomic E-state index is 0.114. The van der Waals surface area contributed by atoms with Gasteiger partial charge in [-0.15, -0.1) is 0 Å². The molecule has 1 aliphatic heterocycles. The van der Waals surface area contributed by atoms with E-state index in [-0.39, 0.29) is 28.7 Å². The van der Waals surface area contributed by atoms with Crippen molar-refractivity contribution in [3.05, 3.63) is 162 Å². The standard InChI is InChI=1S/C36H26F4N4/c1-41-14-6-2-10-30(41)31-11-4-8-16-43(31)34-23-42-15-7-3-12-32(42)35-24(19-26(37)21-28(35)39)18-25-20-27(38)22-29(40)36(25)33-13-5-9-17-44(33)34/h2-17,19-23H,18H2,1H3/q+4. The SMILES string of the molecule is C[n+]1ccccc1-c1cccc[n+]1C1=C[n+]2ccccc2-c2c(F)cc(F)cc2Cc2cc(F)cc(F)c2-c2cccc[n+]21. The zero-order valence-electron chi connectivity index (χ0n) is 23.6. The minimum Gasteiger partial charge on any atom is -0.207 e. The van der Waals surface area contributed by atoms with Crippen molar-refractivity contribution >= 4 is 6.20 Å². The normalized spacial score (nSPS) is 12.2. The van der Waals surface area contributed by atoms with Gasteiger partial charge in [0.2, 0.25) is 11.4 Å². The van der Waals surface area contributed by atoms with Gasteiger partial charge in [-0.3, -0.25) is 0 Å². The van der Waals surface area contributed by atoms with Crippen LogP contribution in [-0.2, 0) is 13.5 Å². The lowest BCUT2D eigenvalue weighted by atomic mass is 9.92. The van der Waals surface area contributed by atoms with E-state index in [0.29, 0.717) is 17.2 Å². The number of hydrogen-bond acceptors (Lipinski definition) is 0. The molecule has 0 radical (unpaired) electrons. The summed E-state index contributed by atoms with van der Waals surface area (Å²) in [6, 6.07) is 26.5. The van der Waals surface area contributed by atoms with Crippen molar-refractivity contribution in [3.8, 4) is 33.9 Å². The summed E-state index contributed by atoms with van der Waals surface area (Å²) in [5.74, 6) is -2.54. The maximum absolute atomic E-state index is 15.9. The van der Waals surface area contributed by atoms with Gasteiger partial charge in [0, 0.05) is 60.7 Å². The monoisotopic (exact) mass is 590 g/mol. The first-order valence-corrected chi connectivity index (χ1v) is 14.0. The Morgan fingerprint density at radius 1 is 0.523 bits per heavy atom. The van der Waals surface area contributed by atoms with E-state index in [4.69, 9.17) is 0 Å². The van der Waals surface area contributed by atoms with Crippen LogP contribution in [-0.4, -0.2) is 0 Å². The van der Waals surface area contributed by atoms with Gasteiger partial charge < -0.3 is 0 Å². The molecule has 0 atom stereocenters. The van der Waals surface area contributed by atoms with Gasteiger partial charge >= 0.3 is 12.0 Å². The highest BCUT2D eigenvalue weighted by Gasteiger charge is 2.38. The lowest BCUT2D eigenvalue weighted by Crippen LogP contribution is -2.57. The first kappa shape index (κ1) is 27.3. The van der Waals surface area contributed by atoms with Crippen LogP contribution in [0.1, 0.15) is 11.1 Å². The van der Waals surface area contributed by atoms with Crippen molar-refractivity contribution in [2.75, 3.05) is 0 Å². The van der Waals surface area contributed by atoms with E-state index in [2.05, 4.69) is 0 Å². The first-order valence-electron chi connectivity index (χ1n) is 14.0. The molecule has 0 saturated heterocycles. The van der Waals surface area contributed by atoms with Gasteiger partial charge in [0.1, 0.15) is 30.3 Å². The Balaban J connectivity index is 1.65. The van der Waals surface area contributed by atoms with Gasteiger partial charge in [0.15, 0.2) is 24.8 Å². The molecule has 44 heavy (non-hydrogen) atoms. The van der Waals surface area contributed by atoms with E-state index < -0.39 is 23.3 Å². The van der Waals surface area contributed by atoms with Crippen LogP contribution >= 0.6 is 0 Å². The molecule has 0 saturated carbocycles. The van der Waals surface area contributed by atoms with E-state index >= 15 is 8.78 Å². The third-order valence-corrected chi connectivity index (χ3v) is 7.84. The summed E-state index contributed by atoms with van der Waals surface area (Å²) in [5, 5.41) is 0. The predicted octanol–water partition coefficient (Wildman–Crippen LogP) is 5.61. The van der Waals surface area contributed by atoms with Gasteiger partial charge in [0.25, 0.3) is 11.4 Å². The maximum Gasteiger partial charge on any atom is 0.520 e. The highest BCUT2D eigenvalue weighted by atomic mass is 19.1. The molecule has 6 aromatic rings. The fourth-order valence-electron chi connectivity index (χ4n) is 5.94. The first-order chi connectivity index (χ1) is 21.4. The second-order valence-corrected chi connectivity index (χ2v) is 10.6. The van der Waals surface area contributed by atoms with Crippen molar-refractivity contribution in [2.45, 2.75) is 6.42 Å². The number of pyridine rings is 4. The van der Waals surface area contributed by atoms with Crippen LogP contribution in [0.4, 0.5) is 17.6 Å². The molecule has 7 rings (SSSR count). The molecule has 2 aromatic carbocycles. The molecule has 5 heterocycles. The number of aryl methyl sites for hydroxylation is 1. The third-order valence-electron chi connectivity index (χ3n) is 7.84. The van der Waals surface area contributed by atoms with Crippen LogP contribution < -0.4 is 18.3 Å². The van der Waals surface area contributed by atoms with E-state index in [0.717, 1.165) is 23.5 Å². The molecule has 0 N–H and O–H groups in total. The summed E-state index contributed by atoms with van der Waals surface area (Å²) in [6.45, 7) is 0. The van der Waals surface area contributed by atoms with Crippen LogP contribution in [0.25, 0.3) is 40.1 Å². The van der Waals surface area contributed by atoms with Crippen molar-refractivity contribution in [1.29, 1.82) is 0 Å². The fourth-order valence-corrected chi connectivity index (χ4v) is 5.94. The zero-order valence-corrected chi connectivity index (χ0v) is 23.6. The molecule has 4 nitrogen and oxygen atoms in total. The molecule has 8 heteroatoms. The third kappa shape index (κ3) is 4.74.